The Labute approximate surface area is 324 Å². The quantitative estimate of drug-likeness (QED) is 0.0248. The number of rotatable bonds is 26. The summed E-state index contributed by atoms with van der Waals surface area (Å²) in [5.41, 5.74) is 22.7. The maximum absolute atomic E-state index is 13.8. The van der Waals surface area contributed by atoms with Crippen LogP contribution in [0.25, 0.3) is 0 Å². The summed E-state index contributed by atoms with van der Waals surface area (Å²) >= 11 is 0. The van der Waals surface area contributed by atoms with E-state index < -0.39 is 103 Å². The zero-order valence-corrected chi connectivity index (χ0v) is 31.7. The van der Waals surface area contributed by atoms with Crippen LogP contribution in [0, 0.1) is 5.92 Å². The van der Waals surface area contributed by atoms with Gasteiger partial charge in [-0.15, -0.1) is 0 Å². The molecule has 1 aromatic rings. The first kappa shape index (κ1) is 48.2. The summed E-state index contributed by atoms with van der Waals surface area (Å²) < 4.78 is 0. The predicted molar refractivity (Wildman–Crippen MR) is 202 cm³/mol. The lowest BCUT2D eigenvalue weighted by atomic mass is 10.0. The number of nitrogens with zero attached hydrogens (tertiary/aromatic N) is 1. The fraction of sp³-hybridized carbons (Fsp3) is 0.571. The van der Waals surface area contributed by atoms with E-state index in [0.717, 1.165) is 6.92 Å². The summed E-state index contributed by atoms with van der Waals surface area (Å²) in [4.78, 5) is 105. The zero-order valence-electron chi connectivity index (χ0n) is 31.7. The number of aliphatic carboxylic acids is 2. The lowest BCUT2D eigenvalue weighted by Crippen LogP contribution is -2.61. The van der Waals surface area contributed by atoms with Crippen molar-refractivity contribution in [2.45, 2.75) is 114 Å². The molecule has 21 heteroatoms. The van der Waals surface area contributed by atoms with Crippen LogP contribution >= 0.6 is 0 Å². The van der Waals surface area contributed by atoms with Crippen molar-refractivity contribution in [3.63, 3.8) is 0 Å². The van der Waals surface area contributed by atoms with Gasteiger partial charge in [-0.25, -0.2) is 4.79 Å². The molecule has 0 unspecified atom stereocenters. The number of guanidine groups is 1. The van der Waals surface area contributed by atoms with Crippen LogP contribution in [0.1, 0.15) is 71.3 Å². The first-order valence-electron chi connectivity index (χ1n) is 18.0. The highest BCUT2D eigenvalue weighted by molar-refractivity contribution is 5.96. The third kappa shape index (κ3) is 19.0. The third-order valence-corrected chi connectivity index (χ3v) is 8.20. The molecule has 0 aliphatic heterocycles. The molecule has 0 heterocycles. The molecule has 0 saturated carbocycles. The SMILES string of the molecule is CC(C)C[C@H](NC(=O)[C@H](CCC(N)=O)NC(=O)[C@H](Cc1ccccc1)NC(=O)[C@@H](N)CCCN=C(N)N)C(=O)N[C@H](C(=O)N[C@@H](CCC(=O)O)C(=O)O)[C@@H](C)O. The van der Waals surface area contributed by atoms with Crippen molar-refractivity contribution >= 4 is 53.3 Å². The highest BCUT2D eigenvalue weighted by Gasteiger charge is 2.35. The van der Waals surface area contributed by atoms with Crippen LogP contribution in [0.15, 0.2) is 35.3 Å². The smallest absolute Gasteiger partial charge is 0.326 e. The highest BCUT2D eigenvalue weighted by atomic mass is 16.4. The van der Waals surface area contributed by atoms with E-state index >= 15 is 0 Å². The molecular formula is C35H56N10O11. The van der Waals surface area contributed by atoms with Gasteiger partial charge < -0.3 is 64.8 Å². The van der Waals surface area contributed by atoms with Crippen molar-refractivity contribution < 1.29 is 53.7 Å². The van der Waals surface area contributed by atoms with Crippen LogP contribution in [0.5, 0.6) is 0 Å². The van der Waals surface area contributed by atoms with Crippen molar-refractivity contribution in [1.29, 1.82) is 0 Å². The molecule has 0 aliphatic carbocycles. The van der Waals surface area contributed by atoms with Crippen LogP contribution in [0.2, 0.25) is 0 Å². The van der Waals surface area contributed by atoms with Crippen LogP contribution < -0.4 is 49.5 Å². The van der Waals surface area contributed by atoms with Crippen molar-refractivity contribution in [2.24, 2.45) is 33.8 Å². The van der Waals surface area contributed by atoms with Crippen molar-refractivity contribution in [2.75, 3.05) is 6.54 Å². The Morgan fingerprint density at radius 1 is 0.679 bits per heavy atom. The fourth-order valence-electron chi connectivity index (χ4n) is 5.24. The number of nitrogens with one attached hydrogen (secondary N) is 5. The molecule has 0 aromatic heterocycles. The first-order chi connectivity index (χ1) is 26.2. The maximum atomic E-state index is 13.8. The summed E-state index contributed by atoms with van der Waals surface area (Å²) in [5.74, 6) is -8.55. The highest BCUT2D eigenvalue weighted by Crippen LogP contribution is 2.10. The summed E-state index contributed by atoms with van der Waals surface area (Å²) in [5, 5.41) is 40.8. The lowest BCUT2D eigenvalue weighted by Gasteiger charge is -2.28. The summed E-state index contributed by atoms with van der Waals surface area (Å²) in [6.07, 6.45) is -2.84. The second-order valence-corrected chi connectivity index (χ2v) is 13.6. The van der Waals surface area contributed by atoms with Gasteiger partial charge in [-0.05, 0) is 50.5 Å². The van der Waals surface area contributed by atoms with Crippen LogP contribution in [-0.2, 0) is 44.8 Å². The van der Waals surface area contributed by atoms with Crippen LogP contribution in [0.3, 0.4) is 0 Å². The Hall–Kier alpha value is -5.83. The number of hydrogen-bond donors (Lipinski definition) is 12. The number of carboxylic acid groups (broad SMARTS) is 2. The molecule has 312 valence electrons. The number of aliphatic hydroxyl groups is 1. The third-order valence-electron chi connectivity index (χ3n) is 8.20. The second kappa shape index (κ2) is 24.6. The van der Waals surface area contributed by atoms with E-state index in [1.807, 2.05) is 0 Å². The van der Waals surface area contributed by atoms with E-state index in [1.165, 1.54) is 0 Å². The van der Waals surface area contributed by atoms with E-state index in [4.69, 9.17) is 28.0 Å². The monoisotopic (exact) mass is 792 g/mol. The van der Waals surface area contributed by atoms with Crippen molar-refractivity contribution in [3.8, 4) is 0 Å². The average Bonchev–Trinajstić information content (AvgIpc) is 3.11. The lowest BCUT2D eigenvalue weighted by molar-refractivity contribution is -0.144. The fourth-order valence-corrected chi connectivity index (χ4v) is 5.24. The second-order valence-electron chi connectivity index (χ2n) is 13.6. The Morgan fingerprint density at radius 3 is 1.75 bits per heavy atom. The topological polar surface area (TPSA) is 374 Å². The molecule has 0 aliphatic rings. The van der Waals surface area contributed by atoms with Crippen LogP contribution in [0.4, 0.5) is 0 Å². The number of hydrogen-bond acceptors (Lipinski definition) is 11. The van der Waals surface area contributed by atoms with E-state index in [9.17, 15) is 48.6 Å². The van der Waals surface area contributed by atoms with Crippen LogP contribution in [-0.4, -0.2) is 118 Å². The molecule has 0 saturated heterocycles. The number of carbonyl (C=O) groups excluding carboxylic acids is 6. The van der Waals surface area contributed by atoms with Gasteiger partial charge in [0.2, 0.25) is 35.4 Å². The molecular weight excluding hydrogens is 736 g/mol. The van der Waals surface area contributed by atoms with Gasteiger partial charge in [0, 0.05) is 25.8 Å². The largest absolute Gasteiger partial charge is 0.481 e. The molecule has 0 bridgehead atoms. The van der Waals surface area contributed by atoms with E-state index in [0.29, 0.717) is 12.0 Å². The minimum atomic E-state index is -1.73. The van der Waals surface area contributed by atoms with E-state index in [-0.39, 0.29) is 50.5 Å². The number of carbonyl (C=O) groups is 8. The molecule has 1 rings (SSSR count). The molecule has 0 fully saturated rings. The molecule has 7 atom stereocenters. The molecule has 16 N–H and O–H groups in total. The van der Waals surface area contributed by atoms with E-state index in [2.05, 4.69) is 31.6 Å². The van der Waals surface area contributed by atoms with E-state index in [1.54, 1.807) is 44.2 Å². The van der Waals surface area contributed by atoms with Gasteiger partial charge in [0.15, 0.2) is 5.96 Å². The average molecular weight is 793 g/mol. The van der Waals surface area contributed by atoms with Gasteiger partial charge >= 0.3 is 11.9 Å². The number of aliphatic imine (C=N–C) groups is 1. The molecule has 6 amide bonds. The number of amides is 6. The predicted octanol–water partition coefficient (Wildman–Crippen LogP) is -3.32. The zero-order chi connectivity index (χ0) is 42.5. The molecule has 21 nitrogen and oxygen atoms in total. The van der Waals surface area contributed by atoms with Gasteiger partial charge in [0.1, 0.15) is 30.2 Å². The number of primary amides is 1. The van der Waals surface area contributed by atoms with Gasteiger partial charge in [0.25, 0.3) is 0 Å². The molecule has 1 aromatic carbocycles. The summed E-state index contributed by atoms with van der Waals surface area (Å²) in [7, 11) is 0. The van der Waals surface area contributed by atoms with Gasteiger partial charge in [-0.1, -0.05) is 44.2 Å². The number of carboxylic acids is 2. The Bertz CT molecular complexity index is 1540. The van der Waals surface area contributed by atoms with Crippen molar-refractivity contribution in [1.82, 2.24) is 26.6 Å². The molecule has 0 spiro atoms. The Morgan fingerprint density at radius 2 is 1.21 bits per heavy atom. The summed E-state index contributed by atoms with van der Waals surface area (Å²) in [6, 6.07) is 0.0779. The standard InChI is InChI=1S/C35H56N10O11/c1-18(2)16-24(32(53)45-28(19(3)46)33(54)42-23(34(55)56)12-14-27(48)49)44-30(51)22(11-13-26(37)47)41-31(52)25(17-20-8-5-4-6-9-20)43-29(50)21(36)10-7-15-40-35(38)39/h4-6,8-9,18-19,21-25,28,46H,7,10-17,36H2,1-3H3,(H2,37,47)(H,41,52)(H,42,54)(H,43,50)(H,44,51)(H,45,53)(H,48,49)(H,55,56)(H4,38,39,40)/t19-,21+,22+,23+,24+,25+,28+/m1/s1. The molecule has 56 heavy (non-hydrogen) atoms. The van der Waals surface area contributed by atoms with Gasteiger partial charge in [-0.2, -0.15) is 0 Å². The Balaban J connectivity index is 3.30. The minimum absolute atomic E-state index is 0.0215. The number of nitrogens with two attached hydrogens (primary N) is 4. The number of benzene rings is 1. The maximum Gasteiger partial charge on any atom is 0.326 e. The first-order valence-corrected chi connectivity index (χ1v) is 18.0. The summed E-state index contributed by atoms with van der Waals surface area (Å²) in [6.45, 7) is 4.81. The van der Waals surface area contributed by atoms with Gasteiger partial charge in [-0.3, -0.25) is 38.6 Å². The normalized spacial score (nSPS) is 14.7. The number of aliphatic hydroxyl groups excluding tert-OH is 1. The van der Waals surface area contributed by atoms with Gasteiger partial charge in [0.05, 0.1) is 12.1 Å². The minimum Gasteiger partial charge on any atom is -0.481 e. The molecule has 0 radical (unpaired) electrons. The Kier molecular flexibility index (Phi) is 21.1. The van der Waals surface area contributed by atoms with Crippen molar-refractivity contribution in [3.05, 3.63) is 35.9 Å².